The van der Waals surface area contributed by atoms with Crippen molar-refractivity contribution in [3.05, 3.63) is 45.9 Å². The molecule has 0 aliphatic rings. The minimum absolute atomic E-state index is 0.715. The molecule has 0 radical (unpaired) electrons. The van der Waals surface area contributed by atoms with Crippen LogP contribution in [0.4, 0.5) is 0 Å². The Morgan fingerprint density at radius 1 is 1.21 bits per heavy atom. The third-order valence-corrected chi connectivity index (χ3v) is 5.41. The molecule has 0 bridgehead atoms. The van der Waals surface area contributed by atoms with Gasteiger partial charge in [0.1, 0.15) is 12.4 Å². The summed E-state index contributed by atoms with van der Waals surface area (Å²) in [6.45, 7) is 11.6. The minimum atomic E-state index is 0.715. The maximum Gasteiger partial charge on any atom is 0.194 e. The van der Waals surface area contributed by atoms with Crippen LogP contribution in [0, 0.1) is 6.92 Å². The van der Waals surface area contributed by atoms with Gasteiger partial charge in [-0.1, -0.05) is 26.0 Å². The van der Waals surface area contributed by atoms with Crippen molar-refractivity contribution in [2.45, 2.75) is 33.9 Å². The van der Waals surface area contributed by atoms with Gasteiger partial charge in [0.25, 0.3) is 0 Å². The van der Waals surface area contributed by atoms with E-state index in [4.69, 9.17) is 4.74 Å². The maximum atomic E-state index is 5.85. The Labute approximate surface area is 173 Å². The number of hydrogen-bond acceptors (Lipinski definition) is 5. The van der Waals surface area contributed by atoms with Gasteiger partial charge in [-0.05, 0) is 37.7 Å². The molecule has 7 heteroatoms. The molecule has 0 saturated carbocycles. The molecule has 0 saturated heterocycles. The van der Waals surface area contributed by atoms with E-state index in [0.29, 0.717) is 13.2 Å². The van der Waals surface area contributed by atoms with Crippen molar-refractivity contribution in [2.75, 3.05) is 40.3 Å². The summed E-state index contributed by atoms with van der Waals surface area (Å²) in [5.41, 5.74) is 2.26. The lowest BCUT2D eigenvalue weighted by Crippen LogP contribution is -2.38. The number of aryl methyl sites for hydroxylation is 1. The lowest BCUT2D eigenvalue weighted by atomic mass is 10.2. The van der Waals surface area contributed by atoms with Gasteiger partial charge < -0.3 is 19.9 Å². The Morgan fingerprint density at radius 2 is 1.93 bits per heavy atom. The van der Waals surface area contributed by atoms with E-state index in [-0.39, 0.29) is 0 Å². The summed E-state index contributed by atoms with van der Waals surface area (Å²) in [7, 11) is 3.83. The first-order valence-corrected chi connectivity index (χ1v) is 10.7. The monoisotopic (exact) mass is 403 g/mol. The van der Waals surface area contributed by atoms with Gasteiger partial charge in [0.15, 0.2) is 5.96 Å². The van der Waals surface area contributed by atoms with Crippen molar-refractivity contribution >= 4 is 17.3 Å². The van der Waals surface area contributed by atoms with Crippen molar-refractivity contribution < 1.29 is 4.74 Å². The Hall–Kier alpha value is -2.12. The third-order valence-electron chi connectivity index (χ3n) is 4.58. The summed E-state index contributed by atoms with van der Waals surface area (Å²) in [5, 5.41) is 6.59. The van der Waals surface area contributed by atoms with Crippen LogP contribution < -0.4 is 10.1 Å². The van der Waals surface area contributed by atoms with Gasteiger partial charge in [0.2, 0.25) is 0 Å². The quantitative estimate of drug-likeness (QED) is 0.487. The number of likely N-dealkylation sites (N-methyl/N-ethyl adjacent to an activating group) is 1. The van der Waals surface area contributed by atoms with Crippen LogP contribution in [0.1, 0.15) is 30.1 Å². The molecule has 1 aromatic heterocycles. The second-order valence-electron chi connectivity index (χ2n) is 6.63. The highest BCUT2D eigenvalue weighted by Crippen LogP contribution is 2.13. The Bertz CT molecular complexity index is 725. The highest BCUT2D eigenvalue weighted by Gasteiger charge is 2.08. The molecule has 2 rings (SSSR count). The lowest BCUT2D eigenvalue weighted by molar-refractivity contribution is 0.223. The molecular weight excluding hydrogens is 370 g/mol. The molecule has 2 aromatic rings. The molecule has 6 nitrogen and oxygen atoms in total. The summed E-state index contributed by atoms with van der Waals surface area (Å²) in [5.74, 6) is 1.77. The van der Waals surface area contributed by atoms with Crippen molar-refractivity contribution in [3.8, 4) is 5.75 Å². The molecule has 0 aliphatic carbocycles. The molecule has 1 aromatic carbocycles. The summed E-state index contributed by atoms with van der Waals surface area (Å²) < 4.78 is 5.85. The fourth-order valence-corrected chi connectivity index (χ4v) is 3.50. The Kier molecular flexibility index (Phi) is 9.23. The van der Waals surface area contributed by atoms with E-state index in [1.165, 1.54) is 5.56 Å². The van der Waals surface area contributed by atoms with Gasteiger partial charge in [-0.15, -0.1) is 11.3 Å². The predicted molar refractivity (Wildman–Crippen MR) is 118 cm³/mol. The number of hydrogen-bond donors (Lipinski definition) is 1. The SMILES string of the molecule is CCN(CC)CCOc1ccc(CNC(=NC)N(C)Cc2csc(C)n2)cc1. The van der Waals surface area contributed by atoms with Gasteiger partial charge in [0.05, 0.1) is 17.2 Å². The van der Waals surface area contributed by atoms with Crippen LogP contribution in [0.2, 0.25) is 0 Å². The van der Waals surface area contributed by atoms with Crippen molar-refractivity contribution in [3.63, 3.8) is 0 Å². The van der Waals surface area contributed by atoms with Crippen LogP contribution in [0.25, 0.3) is 0 Å². The van der Waals surface area contributed by atoms with Crippen molar-refractivity contribution in [2.24, 2.45) is 4.99 Å². The number of benzene rings is 1. The van der Waals surface area contributed by atoms with Crippen LogP contribution in [-0.2, 0) is 13.1 Å². The van der Waals surface area contributed by atoms with Crippen LogP contribution in [0.5, 0.6) is 5.75 Å². The van der Waals surface area contributed by atoms with Gasteiger partial charge in [-0.25, -0.2) is 4.98 Å². The largest absolute Gasteiger partial charge is 0.492 e. The van der Waals surface area contributed by atoms with E-state index in [1.807, 2.05) is 26.1 Å². The van der Waals surface area contributed by atoms with E-state index in [9.17, 15) is 0 Å². The van der Waals surface area contributed by atoms with Gasteiger partial charge in [-0.3, -0.25) is 4.99 Å². The van der Waals surface area contributed by atoms with E-state index in [0.717, 1.165) is 48.6 Å². The summed E-state index contributed by atoms with van der Waals surface area (Å²) in [6.07, 6.45) is 0. The first-order chi connectivity index (χ1) is 13.5. The van der Waals surface area contributed by atoms with Crippen molar-refractivity contribution in [1.29, 1.82) is 0 Å². The van der Waals surface area contributed by atoms with E-state index >= 15 is 0 Å². The van der Waals surface area contributed by atoms with Crippen LogP contribution in [0.15, 0.2) is 34.6 Å². The normalized spacial score (nSPS) is 11.7. The zero-order valence-electron chi connectivity index (χ0n) is 17.7. The molecule has 1 N–H and O–H groups in total. The number of ether oxygens (including phenoxy) is 1. The number of nitrogens with one attached hydrogen (secondary N) is 1. The number of rotatable bonds is 10. The average molecular weight is 404 g/mol. The van der Waals surface area contributed by atoms with Crippen LogP contribution >= 0.6 is 11.3 Å². The van der Waals surface area contributed by atoms with Gasteiger partial charge in [0, 0.05) is 32.6 Å². The molecule has 0 unspecified atom stereocenters. The van der Waals surface area contributed by atoms with Gasteiger partial charge in [-0.2, -0.15) is 0 Å². The molecule has 0 atom stereocenters. The molecular formula is C21H33N5OS. The number of aliphatic imine (C=N–C) groups is 1. The van der Waals surface area contributed by atoms with Crippen LogP contribution in [-0.4, -0.2) is 61.1 Å². The number of nitrogens with zero attached hydrogens (tertiary/aromatic N) is 4. The zero-order valence-corrected chi connectivity index (χ0v) is 18.6. The first kappa shape index (κ1) is 22.2. The fraction of sp³-hybridized carbons (Fsp3) is 0.524. The van der Waals surface area contributed by atoms with Gasteiger partial charge >= 0.3 is 0 Å². The second kappa shape index (κ2) is 11.7. The number of guanidine groups is 1. The molecule has 28 heavy (non-hydrogen) atoms. The predicted octanol–water partition coefficient (Wildman–Crippen LogP) is 3.38. The average Bonchev–Trinajstić information content (AvgIpc) is 3.11. The molecule has 1 heterocycles. The topological polar surface area (TPSA) is 53.0 Å². The first-order valence-electron chi connectivity index (χ1n) is 9.82. The highest BCUT2D eigenvalue weighted by atomic mass is 32.1. The van der Waals surface area contributed by atoms with E-state index < -0.39 is 0 Å². The Balaban J connectivity index is 1.79. The molecule has 0 spiro atoms. The number of aromatic nitrogens is 1. The molecule has 154 valence electrons. The summed E-state index contributed by atoms with van der Waals surface area (Å²) in [4.78, 5) is 13.3. The second-order valence-corrected chi connectivity index (χ2v) is 7.70. The molecule has 0 aliphatic heterocycles. The van der Waals surface area contributed by atoms with Crippen molar-refractivity contribution in [1.82, 2.24) is 20.1 Å². The van der Waals surface area contributed by atoms with E-state index in [1.54, 1.807) is 18.4 Å². The Morgan fingerprint density at radius 3 is 2.50 bits per heavy atom. The molecule has 0 amide bonds. The standard InChI is InChI=1S/C21H33N5OS/c1-6-26(7-2)12-13-27-20-10-8-18(9-11-20)14-23-21(22-4)25(5)15-19-16-28-17(3)24-19/h8-11,16H,6-7,12-15H2,1-5H3,(H,22,23). The number of thiazole rings is 1. The third kappa shape index (κ3) is 7.13. The summed E-state index contributed by atoms with van der Waals surface area (Å²) in [6, 6.07) is 8.25. The fourth-order valence-electron chi connectivity index (χ4n) is 2.90. The zero-order chi connectivity index (χ0) is 20.4. The smallest absolute Gasteiger partial charge is 0.194 e. The van der Waals surface area contributed by atoms with Crippen LogP contribution in [0.3, 0.4) is 0 Å². The molecule has 0 fully saturated rings. The maximum absolute atomic E-state index is 5.85. The highest BCUT2D eigenvalue weighted by molar-refractivity contribution is 7.09. The minimum Gasteiger partial charge on any atom is -0.492 e. The lowest BCUT2D eigenvalue weighted by Gasteiger charge is -2.21. The van der Waals surface area contributed by atoms with E-state index in [2.05, 4.69) is 56.5 Å². The summed E-state index contributed by atoms with van der Waals surface area (Å²) >= 11 is 1.67.